The largest absolute Gasteiger partial charge is 0.310 e. The van der Waals surface area contributed by atoms with E-state index >= 15 is 0 Å². The quantitative estimate of drug-likeness (QED) is 0.478. The van der Waals surface area contributed by atoms with Gasteiger partial charge in [-0.3, -0.25) is 4.98 Å². The van der Waals surface area contributed by atoms with Gasteiger partial charge in [-0.25, -0.2) is 9.97 Å². The first-order valence-electron chi connectivity index (χ1n) is 5.44. The summed E-state index contributed by atoms with van der Waals surface area (Å²) in [6.07, 6.45) is 5.15. The van der Waals surface area contributed by atoms with Crippen molar-refractivity contribution in [3.8, 4) is 0 Å². The second-order valence-electron chi connectivity index (χ2n) is 3.39. The zero-order valence-electron chi connectivity index (χ0n) is 9.41. The van der Waals surface area contributed by atoms with E-state index < -0.39 is 0 Å². The molecule has 2 rings (SSSR count). The fraction of sp³-hybridized carbons (Fsp3) is 0.250. The highest BCUT2D eigenvalue weighted by Crippen LogP contribution is 2.11. The summed E-state index contributed by atoms with van der Waals surface area (Å²) in [7, 11) is 0. The van der Waals surface area contributed by atoms with E-state index in [1.54, 1.807) is 24.3 Å². The Morgan fingerprint density at radius 1 is 1.12 bits per heavy atom. The molecule has 2 aromatic heterocycles. The van der Waals surface area contributed by atoms with Gasteiger partial charge in [0.05, 0.1) is 10.7 Å². The molecule has 0 aliphatic carbocycles. The lowest BCUT2D eigenvalue weighted by atomic mass is 10.3. The van der Waals surface area contributed by atoms with Crippen LogP contribution in [0, 0.1) is 0 Å². The SMILES string of the molecule is c1ccc(CNCCSc2ccncn2)nc1. The van der Waals surface area contributed by atoms with Crippen molar-refractivity contribution in [3.05, 3.63) is 48.7 Å². The number of rotatable bonds is 6. The number of aromatic nitrogens is 3. The molecule has 2 heterocycles. The second kappa shape index (κ2) is 6.98. The first-order valence-corrected chi connectivity index (χ1v) is 6.43. The molecule has 0 aromatic carbocycles. The highest BCUT2D eigenvalue weighted by molar-refractivity contribution is 7.99. The van der Waals surface area contributed by atoms with E-state index in [-0.39, 0.29) is 0 Å². The van der Waals surface area contributed by atoms with Gasteiger partial charge < -0.3 is 5.32 Å². The zero-order chi connectivity index (χ0) is 11.8. The number of hydrogen-bond donors (Lipinski definition) is 1. The third-order valence-electron chi connectivity index (χ3n) is 2.12. The molecule has 0 spiro atoms. The van der Waals surface area contributed by atoms with Crippen molar-refractivity contribution >= 4 is 11.8 Å². The molecule has 0 unspecified atom stereocenters. The van der Waals surface area contributed by atoms with Crippen LogP contribution in [-0.4, -0.2) is 27.2 Å². The Hall–Kier alpha value is -1.46. The summed E-state index contributed by atoms with van der Waals surface area (Å²) < 4.78 is 0. The number of nitrogens with zero attached hydrogens (tertiary/aromatic N) is 3. The molecule has 4 nitrogen and oxygen atoms in total. The van der Waals surface area contributed by atoms with Crippen LogP contribution in [0.5, 0.6) is 0 Å². The van der Waals surface area contributed by atoms with E-state index in [9.17, 15) is 0 Å². The fourth-order valence-corrected chi connectivity index (χ4v) is 2.05. The highest BCUT2D eigenvalue weighted by atomic mass is 32.2. The third-order valence-corrected chi connectivity index (χ3v) is 3.06. The van der Waals surface area contributed by atoms with Crippen molar-refractivity contribution in [2.75, 3.05) is 12.3 Å². The number of nitrogens with one attached hydrogen (secondary N) is 1. The van der Waals surface area contributed by atoms with Gasteiger partial charge in [-0.2, -0.15) is 0 Å². The molecular formula is C12H14N4S. The van der Waals surface area contributed by atoms with Gasteiger partial charge in [0.25, 0.3) is 0 Å². The predicted octanol–water partition coefficient (Wildman–Crippen LogP) is 1.75. The van der Waals surface area contributed by atoms with Crippen LogP contribution in [0.15, 0.2) is 48.0 Å². The average molecular weight is 246 g/mol. The molecule has 2 aromatic rings. The molecule has 0 amide bonds. The lowest BCUT2D eigenvalue weighted by molar-refractivity contribution is 0.715. The van der Waals surface area contributed by atoms with Crippen LogP contribution in [0.4, 0.5) is 0 Å². The minimum Gasteiger partial charge on any atom is -0.310 e. The summed E-state index contributed by atoms with van der Waals surface area (Å²) >= 11 is 1.72. The van der Waals surface area contributed by atoms with E-state index in [0.717, 1.165) is 29.6 Å². The Morgan fingerprint density at radius 3 is 2.88 bits per heavy atom. The van der Waals surface area contributed by atoms with Gasteiger partial charge >= 0.3 is 0 Å². The number of hydrogen-bond acceptors (Lipinski definition) is 5. The van der Waals surface area contributed by atoms with E-state index in [1.165, 1.54) is 0 Å². The lowest BCUT2D eigenvalue weighted by Crippen LogP contribution is -2.17. The first kappa shape index (κ1) is 12.0. The Balaban J connectivity index is 1.61. The Bertz CT molecular complexity index is 380. The first-order chi connectivity index (χ1) is 8.45. The predicted molar refractivity (Wildman–Crippen MR) is 68.7 cm³/mol. The van der Waals surface area contributed by atoms with Crippen LogP contribution in [0.2, 0.25) is 0 Å². The molecule has 0 saturated heterocycles. The van der Waals surface area contributed by atoms with Gasteiger partial charge in [0, 0.05) is 31.2 Å². The van der Waals surface area contributed by atoms with E-state index in [2.05, 4.69) is 20.3 Å². The smallest absolute Gasteiger partial charge is 0.116 e. The van der Waals surface area contributed by atoms with Crippen molar-refractivity contribution in [2.24, 2.45) is 0 Å². The molecule has 88 valence electrons. The number of thioether (sulfide) groups is 1. The van der Waals surface area contributed by atoms with E-state index in [1.807, 2.05) is 30.5 Å². The summed E-state index contributed by atoms with van der Waals surface area (Å²) in [5.41, 5.74) is 1.07. The van der Waals surface area contributed by atoms with Crippen LogP contribution in [-0.2, 0) is 6.54 Å². The molecular weight excluding hydrogens is 232 g/mol. The molecule has 0 fully saturated rings. The van der Waals surface area contributed by atoms with Crippen LogP contribution < -0.4 is 5.32 Å². The summed E-state index contributed by atoms with van der Waals surface area (Å²) in [5.74, 6) is 0.990. The maximum atomic E-state index is 4.24. The summed E-state index contributed by atoms with van der Waals surface area (Å²) in [4.78, 5) is 12.3. The standard InChI is InChI=1S/C12H14N4S/c1-2-5-15-11(3-1)9-13-7-8-17-12-4-6-14-10-16-12/h1-6,10,13H,7-9H2. The van der Waals surface area contributed by atoms with E-state index in [0.29, 0.717) is 0 Å². The summed E-state index contributed by atoms with van der Waals surface area (Å²) in [6, 6.07) is 7.86. The molecule has 0 bridgehead atoms. The summed E-state index contributed by atoms with van der Waals surface area (Å²) in [6.45, 7) is 1.75. The van der Waals surface area contributed by atoms with Crippen LogP contribution >= 0.6 is 11.8 Å². The lowest BCUT2D eigenvalue weighted by Gasteiger charge is -2.03. The Labute approximate surface area is 105 Å². The topological polar surface area (TPSA) is 50.7 Å². The van der Waals surface area contributed by atoms with Crippen LogP contribution in [0.25, 0.3) is 0 Å². The summed E-state index contributed by atoms with van der Waals surface area (Å²) in [5, 5.41) is 4.36. The van der Waals surface area contributed by atoms with Crippen LogP contribution in [0.1, 0.15) is 5.69 Å². The molecule has 0 atom stereocenters. The van der Waals surface area contributed by atoms with Gasteiger partial charge in [0.2, 0.25) is 0 Å². The van der Waals surface area contributed by atoms with Crippen molar-refractivity contribution in [3.63, 3.8) is 0 Å². The van der Waals surface area contributed by atoms with Gasteiger partial charge in [0.1, 0.15) is 6.33 Å². The monoisotopic (exact) mass is 246 g/mol. The molecule has 0 saturated carbocycles. The highest BCUT2D eigenvalue weighted by Gasteiger charge is 1.95. The second-order valence-corrected chi connectivity index (χ2v) is 4.51. The maximum absolute atomic E-state index is 4.24. The van der Waals surface area contributed by atoms with Gasteiger partial charge in [-0.1, -0.05) is 6.07 Å². The Kier molecular flexibility index (Phi) is 4.93. The van der Waals surface area contributed by atoms with Crippen molar-refractivity contribution in [1.82, 2.24) is 20.3 Å². The Morgan fingerprint density at radius 2 is 2.12 bits per heavy atom. The number of pyridine rings is 1. The van der Waals surface area contributed by atoms with Gasteiger partial charge in [-0.05, 0) is 18.2 Å². The van der Waals surface area contributed by atoms with E-state index in [4.69, 9.17) is 0 Å². The van der Waals surface area contributed by atoms with Gasteiger partial charge in [-0.15, -0.1) is 11.8 Å². The van der Waals surface area contributed by atoms with Crippen molar-refractivity contribution in [1.29, 1.82) is 0 Å². The third kappa shape index (κ3) is 4.50. The zero-order valence-corrected chi connectivity index (χ0v) is 10.2. The minimum atomic E-state index is 0.811. The van der Waals surface area contributed by atoms with Crippen molar-refractivity contribution < 1.29 is 0 Å². The van der Waals surface area contributed by atoms with Crippen LogP contribution in [0.3, 0.4) is 0 Å². The molecule has 0 aliphatic rings. The molecule has 5 heteroatoms. The van der Waals surface area contributed by atoms with Crippen molar-refractivity contribution in [2.45, 2.75) is 11.6 Å². The average Bonchev–Trinajstić information content (AvgIpc) is 2.41. The molecule has 17 heavy (non-hydrogen) atoms. The molecule has 0 radical (unpaired) electrons. The van der Waals surface area contributed by atoms with Gasteiger partial charge in [0.15, 0.2) is 0 Å². The molecule has 1 N–H and O–H groups in total. The normalized spacial score (nSPS) is 10.4. The fourth-order valence-electron chi connectivity index (χ4n) is 1.31. The minimum absolute atomic E-state index is 0.811. The molecule has 0 aliphatic heterocycles. The maximum Gasteiger partial charge on any atom is 0.116 e.